The number of nitrogens with one attached hydrogen (secondary N) is 1. The molecule has 0 saturated carbocycles. The van der Waals surface area contributed by atoms with Gasteiger partial charge in [-0.25, -0.2) is 0 Å². The Labute approximate surface area is 154 Å². The highest BCUT2D eigenvalue weighted by atomic mass is 79.9. The van der Waals surface area contributed by atoms with Gasteiger partial charge in [0.2, 0.25) is 16.2 Å². The first-order valence-corrected chi connectivity index (χ1v) is 9.54. The van der Waals surface area contributed by atoms with Crippen LogP contribution in [0.5, 0.6) is 0 Å². The number of carbonyl (C=O) groups is 1. The molecule has 1 N–H and O–H groups in total. The Morgan fingerprint density at radius 2 is 2.08 bits per heavy atom. The molecule has 0 bridgehead atoms. The van der Waals surface area contributed by atoms with Crippen LogP contribution in [0.3, 0.4) is 0 Å². The van der Waals surface area contributed by atoms with E-state index in [4.69, 9.17) is 0 Å². The number of hydrogen-bond donors (Lipinski definition) is 1. The third kappa shape index (κ3) is 4.16. The molecule has 0 radical (unpaired) electrons. The quantitative estimate of drug-likeness (QED) is 0.605. The summed E-state index contributed by atoms with van der Waals surface area (Å²) < 4.78 is 2.56. The molecule has 8 nitrogen and oxygen atoms in total. The Morgan fingerprint density at radius 3 is 2.79 bits per heavy atom. The number of anilines is 1. The van der Waals surface area contributed by atoms with Crippen LogP contribution in [0, 0.1) is 0 Å². The molecule has 0 aliphatic heterocycles. The second kappa shape index (κ2) is 7.81. The molecule has 0 unspecified atom stereocenters. The molecule has 0 atom stereocenters. The molecule has 0 spiro atoms. The summed E-state index contributed by atoms with van der Waals surface area (Å²) in [7, 11) is 0. The maximum absolute atomic E-state index is 12.0. The summed E-state index contributed by atoms with van der Waals surface area (Å²) in [4.78, 5) is 12.0. The van der Waals surface area contributed by atoms with Crippen LogP contribution < -0.4 is 5.32 Å². The van der Waals surface area contributed by atoms with Crippen LogP contribution in [-0.4, -0.2) is 42.1 Å². The Kier molecular flexibility index (Phi) is 5.53. The van der Waals surface area contributed by atoms with Gasteiger partial charge >= 0.3 is 0 Å². The number of hydrogen-bond acceptors (Lipinski definition) is 8. The predicted octanol–water partition coefficient (Wildman–Crippen LogP) is 2.57. The van der Waals surface area contributed by atoms with Gasteiger partial charge in [0.1, 0.15) is 5.01 Å². The van der Waals surface area contributed by atoms with Crippen LogP contribution in [0.15, 0.2) is 33.9 Å². The molecule has 2 heterocycles. The zero-order valence-corrected chi connectivity index (χ0v) is 15.7. The lowest BCUT2D eigenvalue weighted by molar-refractivity contribution is -0.113. The van der Waals surface area contributed by atoms with E-state index in [1.807, 2.05) is 31.2 Å². The molecule has 0 fully saturated rings. The number of halogens is 1. The molecule has 11 heteroatoms. The summed E-state index contributed by atoms with van der Waals surface area (Å²) in [5.74, 6) is 0.00181. The zero-order chi connectivity index (χ0) is 16.9. The van der Waals surface area contributed by atoms with Crippen molar-refractivity contribution in [2.45, 2.75) is 18.5 Å². The van der Waals surface area contributed by atoms with E-state index < -0.39 is 0 Å². The van der Waals surface area contributed by atoms with Gasteiger partial charge in [0, 0.05) is 4.47 Å². The summed E-state index contributed by atoms with van der Waals surface area (Å²) in [6, 6.07) is 7.58. The minimum absolute atomic E-state index is 0.177. The van der Waals surface area contributed by atoms with Crippen LogP contribution in [0.25, 0.3) is 5.69 Å². The SMILES string of the molecule is CCc1nnc(NC(=O)CSc2nnnn2-c2ccc(Br)cc2)s1. The predicted molar refractivity (Wildman–Crippen MR) is 95.5 cm³/mol. The van der Waals surface area contributed by atoms with Crippen molar-refractivity contribution in [3.05, 3.63) is 33.7 Å². The van der Waals surface area contributed by atoms with Crippen molar-refractivity contribution in [3.63, 3.8) is 0 Å². The van der Waals surface area contributed by atoms with Gasteiger partial charge < -0.3 is 0 Å². The molecular formula is C13H12BrN7OS2. The highest BCUT2D eigenvalue weighted by Gasteiger charge is 2.13. The lowest BCUT2D eigenvalue weighted by Crippen LogP contribution is -2.14. The highest BCUT2D eigenvalue weighted by molar-refractivity contribution is 9.10. The third-order valence-electron chi connectivity index (χ3n) is 2.86. The maximum Gasteiger partial charge on any atom is 0.236 e. The van der Waals surface area contributed by atoms with Crippen molar-refractivity contribution >= 4 is 50.1 Å². The van der Waals surface area contributed by atoms with E-state index in [0.717, 1.165) is 21.6 Å². The normalized spacial score (nSPS) is 10.8. The highest BCUT2D eigenvalue weighted by Crippen LogP contribution is 2.21. The molecule has 3 rings (SSSR count). The average Bonchev–Trinajstić information content (AvgIpc) is 3.22. The fourth-order valence-corrected chi connectivity index (χ4v) is 3.40. The van der Waals surface area contributed by atoms with Gasteiger partial charge in [-0.3, -0.25) is 10.1 Å². The fourth-order valence-electron chi connectivity index (χ4n) is 1.75. The third-order valence-corrected chi connectivity index (χ3v) is 5.29. The first kappa shape index (κ1) is 17.0. The standard InChI is InChI=1S/C13H12BrN7OS2/c1-2-11-16-17-12(24-11)15-10(22)7-23-13-18-19-20-21(13)9-5-3-8(14)4-6-9/h3-6H,2,7H2,1H3,(H,15,17,22). The molecule has 0 saturated heterocycles. The zero-order valence-electron chi connectivity index (χ0n) is 12.5. The Balaban J connectivity index is 1.61. The van der Waals surface area contributed by atoms with Crippen molar-refractivity contribution in [1.29, 1.82) is 0 Å². The number of amides is 1. The first-order chi connectivity index (χ1) is 11.7. The topological polar surface area (TPSA) is 98.5 Å². The number of thioether (sulfide) groups is 1. The monoisotopic (exact) mass is 425 g/mol. The number of aromatic nitrogens is 6. The molecule has 1 aromatic carbocycles. The lowest BCUT2D eigenvalue weighted by Gasteiger charge is -2.04. The van der Waals surface area contributed by atoms with Gasteiger partial charge in [0.25, 0.3) is 0 Å². The second-order valence-electron chi connectivity index (χ2n) is 4.54. The molecular weight excluding hydrogens is 414 g/mol. The molecule has 1 amide bonds. The molecule has 0 aliphatic rings. The smallest absolute Gasteiger partial charge is 0.236 e. The average molecular weight is 426 g/mol. The summed E-state index contributed by atoms with van der Waals surface area (Å²) in [6.07, 6.45) is 0.796. The lowest BCUT2D eigenvalue weighted by atomic mass is 10.3. The largest absolute Gasteiger partial charge is 0.300 e. The number of nitrogens with zero attached hydrogens (tertiary/aromatic N) is 6. The van der Waals surface area contributed by atoms with Crippen LogP contribution in [0.2, 0.25) is 0 Å². The van der Waals surface area contributed by atoms with Gasteiger partial charge in [0.15, 0.2) is 0 Å². The van der Waals surface area contributed by atoms with Crippen molar-refractivity contribution < 1.29 is 4.79 Å². The fraction of sp³-hybridized carbons (Fsp3) is 0.231. The maximum atomic E-state index is 12.0. The molecule has 3 aromatic rings. The summed E-state index contributed by atoms with van der Waals surface area (Å²) in [6.45, 7) is 1.99. The number of tetrazole rings is 1. The van der Waals surface area contributed by atoms with Crippen molar-refractivity contribution in [2.75, 3.05) is 11.1 Å². The summed E-state index contributed by atoms with van der Waals surface area (Å²) >= 11 is 6.01. The van der Waals surface area contributed by atoms with Crippen LogP contribution in [0.1, 0.15) is 11.9 Å². The van der Waals surface area contributed by atoms with Crippen molar-refractivity contribution in [3.8, 4) is 5.69 Å². The first-order valence-electron chi connectivity index (χ1n) is 6.95. The van der Waals surface area contributed by atoms with E-state index in [-0.39, 0.29) is 11.7 Å². The van der Waals surface area contributed by atoms with Gasteiger partial charge in [-0.15, -0.1) is 15.3 Å². The summed E-state index contributed by atoms with van der Waals surface area (Å²) in [5, 5.41) is 24.1. The number of benzene rings is 1. The minimum Gasteiger partial charge on any atom is -0.300 e. The molecule has 2 aromatic heterocycles. The van der Waals surface area contributed by atoms with E-state index in [1.165, 1.54) is 23.1 Å². The number of rotatable bonds is 6. The van der Waals surface area contributed by atoms with Crippen LogP contribution >= 0.6 is 39.0 Å². The molecule has 24 heavy (non-hydrogen) atoms. The Morgan fingerprint density at radius 1 is 1.29 bits per heavy atom. The molecule has 0 aliphatic carbocycles. The van der Waals surface area contributed by atoms with E-state index in [9.17, 15) is 4.79 Å². The summed E-state index contributed by atoms with van der Waals surface area (Å²) in [5.41, 5.74) is 0.822. The van der Waals surface area contributed by atoms with Gasteiger partial charge in [-0.1, -0.05) is 46.0 Å². The van der Waals surface area contributed by atoms with E-state index in [0.29, 0.717) is 10.3 Å². The van der Waals surface area contributed by atoms with E-state index >= 15 is 0 Å². The van der Waals surface area contributed by atoms with Gasteiger partial charge in [-0.2, -0.15) is 4.68 Å². The minimum atomic E-state index is -0.177. The number of aryl methyl sites for hydroxylation is 1. The van der Waals surface area contributed by atoms with E-state index in [1.54, 1.807) is 4.68 Å². The molecule has 124 valence electrons. The van der Waals surface area contributed by atoms with Gasteiger partial charge in [0.05, 0.1) is 11.4 Å². The van der Waals surface area contributed by atoms with Crippen molar-refractivity contribution in [2.24, 2.45) is 0 Å². The Hall–Kier alpha value is -1.85. The second-order valence-corrected chi connectivity index (χ2v) is 7.46. The van der Waals surface area contributed by atoms with Crippen LogP contribution in [0.4, 0.5) is 5.13 Å². The van der Waals surface area contributed by atoms with E-state index in [2.05, 4.69) is 47.0 Å². The number of carbonyl (C=O) groups excluding carboxylic acids is 1. The Bertz CT molecular complexity index is 833. The van der Waals surface area contributed by atoms with Crippen molar-refractivity contribution in [1.82, 2.24) is 30.4 Å². The van der Waals surface area contributed by atoms with Gasteiger partial charge in [-0.05, 0) is 41.1 Å². The van der Waals surface area contributed by atoms with Crippen LogP contribution in [-0.2, 0) is 11.2 Å².